The highest BCUT2D eigenvalue weighted by Crippen LogP contribution is 2.42. The minimum Gasteiger partial charge on any atom is -0.487 e. The third-order valence-corrected chi connectivity index (χ3v) is 8.25. The van der Waals surface area contributed by atoms with Crippen molar-refractivity contribution in [3.05, 3.63) is 29.8 Å². The lowest BCUT2D eigenvalue weighted by Crippen LogP contribution is -2.50. The molecule has 1 aromatic rings. The van der Waals surface area contributed by atoms with Gasteiger partial charge in [0.1, 0.15) is 11.4 Å². The van der Waals surface area contributed by atoms with Crippen LogP contribution in [0.5, 0.6) is 5.75 Å². The molecule has 2 aliphatic rings. The molecule has 1 fully saturated rings. The van der Waals surface area contributed by atoms with Crippen LogP contribution < -0.4 is 10.1 Å². The molecule has 0 radical (unpaired) electrons. The Hall–Kier alpha value is -1.64. The Labute approximate surface area is 174 Å². The minimum absolute atomic E-state index is 0.0773. The lowest BCUT2D eigenvalue weighted by atomic mass is 9.83. The Balaban J connectivity index is 1.77. The molecule has 0 aromatic heterocycles. The zero-order chi connectivity index (χ0) is 21.2. The first-order valence-corrected chi connectivity index (χ1v) is 11.9. The molecule has 29 heavy (non-hydrogen) atoms. The van der Waals surface area contributed by atoms with Crippen molar-refractivity contribution in [1.82, 2.24) is 13.9 Å². The number of amides is 1. The molecule has 0 bridgehead atoms. The fourth-order valence-corrected chi connectivity index (χ4v) is 5.51. The summed E-state index contributed by atoms with van der Waals surface area (Å²) >= 11 is 0. The third-order valence-electron chi connectivity index (χ3n) is 6.34. The summed E-state index contributed by atoms with van der Waals surface area (Å²) in [6.45, 7) is 4.91. The summed E-state index contributed by atoms with van der Waals surface area (Å²) in [7, 11) is -0.466. The van der Waals surface area contributed by atoms with E-state index >= 15 is 0 Å². The van der Waals surface area contributed by atoms with Gasteiger partial charge in [-0.05, 0) is 31.7 Å². The number of fused-ring (bicyclic) bond motifs is 1. The number of para-hydroxylation sites is 1. The van der Waals surface area contributed by atoms with Crippen LogP contribution in [0, 0.1) is 5.92 Å². The molecule has 1 N–H and O–H groups in total. The van der Waals surface area contributed by atoms with Gasteiger partial charge in [0.2, 0.25) is 5.91 Å². The van der Waals surface area contributed by atoms with Crippen LogP contribution >= 0.6 is 0 Å². The standard InChI is InChI=1S/C21H33N3O4S/c1-5-21(6-2)14-18(17-11-7-8-12-19(17)28-21)22-20(25)16-10-9-13-24(15-16)29(26,27)23(3)4/h7-8,11-12,16,18H,5-6,9-10,13-15H2,1-4H3,(H,22,25)/t16-,18-/m1/s1. The number of benzene rings is 1. The van der Waals surface area contributed by atoms with Crippen molar-refractivity contribution in [2.24, 2.45) is 5.92 Å². The van der Waals surface area contributed by atoms with Crippen molar-refractivity contribution in [3.8, 4) is 5.75 Å². The number of nitrogens with zero attached hydrogens (tertiary/aromatic N) is 2. The van der Waals surface area contributed by atoms with E-state index in [1.54, 1.807) is 0 Å². The zero-order valence-corrected chi connectivity index (χ0v) is 18.7. The molecule has 8 heteroatoms. The normalized spacial score (nSPS) is 24.6. The molecular weight excluding hydrogens is 390 g/mol. The summed E-state index contributed by atoms with van der Waals surface area (Å²) in [6, 6.07) is 7.73. The highest BCUT2D eigenvalue weighted by atomic mass is 32.2. The van der Waals surface area contributed by atoms with Crippen LogP contribution in [0.2, 0.25) is 0 Å². The summed E-state index contributed by atoms with van der Waals surface area (Å²) in [5.74, 6) is 0.408. The third kappa shape index (κ3) is 4.44. The van der Waals surface area contributed by atoms with E-state index in [9.17, 15) is 13.2 Å². The molecule has 0 saturated carbocycles. The smallest absolute Gasteiger partial charge is 0.281 e. The van der Waals surface area contributed by atoms with E-state index in [2.05, 4.69) is 19.2 Å². The van der Waals surface area contributed by atoms with Gasteiger partial charge in [0.25, 0.3) is 10.2 Å². The molecule has 0 unspecified atom stereocenters. The number of rotatable bonds is 6. The Kier molecular flexibility index (Phi) is 6.55. The highest BCUT2D eigenvalue weighted by Gasteiger charge is 2.40. The maximum Gasteiger partial charge on any atom is 0.281 e. The van der Waals surface area contributed by atoms with Crippen LogP contribution in [0.1, 0.15) is 57.6 Å². The largest absolute Gasteiger partial charge is 0.487 e. The van der Waals surface area contributed by atoms with Crippen LogP contribution in [0.4, 0.5) is 0 Å². The van der Waals surface area contributed by atoms with Crippen molar-refractivity contribution < 1.29 is 17.9 Å². The minimum atomic E-state index is -3.51. The summed E-state index contributed by atoms with van der Waals surface area (Å²) in [5, 5.41) is 3.22. The monoisotopic (exact) mass is 423 g/mol. The van der Waals surface area contributed by atoms with E-state index in [0.717, 1.165) is 30.6 Å². The SMILES string of the molecule is CCC1(CC)C[C@@H](NC(=O)[C@@H]2CCCN(S(=O)(=O)N(C)C)C2)c2ccccc2O1. The van der Waals surface area contributed by atoms with Gasteiger partial charge >= 0.3 is 0 Å². The lowest BCUT2D eigenvalue weighted by Gasteiger charge is -2.42. The number of ether oxygens (including phenoxy) is 1. The molecule has 1 saturated heterocycles. The molecule has 1 aromatic carbocycles. The van der Waals surface area contributed by atoms with Gasteiger partial charge in [0.05, 0.1) is 12.0 Å². The first-order chi connectivity index (χ1) is 13.7. The van der Waals surface area contributed by atoms with Crippen molar-refractivity contribution in [3.63, 3.8) is 0 Å². The number of hydrogen-bond acceptors (Lipinski definition) is 4. The fraction of sp³-hybridized carbons (Fsp3) is 0.667. The van der Waals surface area contributed by atoms with Crippen LogP contribution in [-0.4, -0.2) is 55.7 Å². The van der Waals surface area contributed by atoms with Crippen LogP contribution in [0.3, 0.4) is 0 Å². The van der Waals surface area contributed by atoms with Gasteiger partial charge in [-0.1, -0.05) is 32.0 Å². The van der Waals surface area contributed by atoms with Crippen LogP contribution in [0.25, 0.3) is 0 Å². The van der Waals surface area contributed by atoms with E-state index in [-0.39, 0.29) is 30.0 Å². The molecule has 3 rings (SSSR count). The second-order valence-corrected chi connectivity index (χ2v) is 10.4. The number of carbonyl (C=O) groups excluding carboxylic acids is 1. The van der Waals surface area contributed by atoms with Crippen molar-refractivity contribution >= 4 is 16.1 Å². The molecule has 0 aliphatic carbocycles. The predicted octanol–water partition coefficient (Wildman–Crippen LogP) is 2.70. The average Bonchev–Trinajstić information content (AvgIpc) is 2.73. The summed E-state index contributed by atoms with van der Waals surface area (Å²) < 4.78 is 33.9. The van der Waals surface area contributed by atoms with Crippen molar-refractivity contribution in [1.29, 1.82) is 0 Å². The molecule has 7 nitrogen and oxygen atoms in total. The molecule has 2 aliphatic heterocycles. The quantitative estimate of drug-likeness (QED) is 0.763. The predicted molar refractivity (Wildman–Crippen MR) is 113 cm³/mol. The Morgan fingerprint density at radius 3 is 2.62 bits per heavy atom. The number of piperidine rings is 1. The molecule has 1 amide bonds. The molecular formula is C21H33N3O4S. The van der Waals surface area contributed by atoms with Gasteiger partial charge in [0, 0.05) is 39.2 Å². The lowest BCUT2D eigenvalue weighted by molar-refractivity contribution is -0.127. The zero-order valence-electron chi connectivity index (χ0n) is 17.8. The highest BCUT2D eigenvalue weighted by molar-refractivity contribution is 7.86. The van der Waals surface area contributed by atoms with Gasteiger partial charge in [-0.3, -0.25) is 4.79 Å². The molecule has 0 spiro atoms. The van der Waals surface area contributed by atoms with Crippen LogP contribution in [0.15, 0.2) is 24.3 Å². The van der Waals surface area contributed by atoms with E-state index in [1.807, 2.05) is 24.3 Å². The van der Waals surface area contributed by atoms with Gasteiger partial charge < -0.3 is 10.1 Å². The summed E-state index contributed by atoms with van der Waals surface area (Å²) in [5.41, 5.74) is 0.700. The number of hydrogen-bond donors (Lipinski definition) is 1. The average molecular weight is 424 g/mol. The first kappa shape index (κ1) is 22.1. The van der Waals surface area contributed by atoms with Gasteiger partial charge in [-0.25, -0.2) is 0 Å². The van der Waals surface area contributed by atoms with E-state index in [1.165, 1.54) is 22.7 Å². The summed E-state index contributed by atoms with van der Waals surface area (Å²) in [6.07, 6.45) is 3.83. The Morgan fingerprint density at radius 1 is 1.28 bits per heavy atom. The fourth-order valence-electron chi connectivity index (χ4n) is 4.32. The van der Waals surface area contributed by atoms with Gasteiger partial charge in [0.15, 0.2) is 0 Å². The van der Waals surface area contributed by atoms with E-state index < -0.39 is 10.2 Å². The molecule has 2 heterocycles. The van der Waals surface area contributed by atoms with E-state index in [0.29, 0.717) is 19.4 Å². The second kappa shape index (κ2) is 8.62. The Bertz CT molecular complexity index is 836. The number of nitrogens with one attached hydrogen (secondary N) is 1. The van der Waals surface area contributed by atoms with Gasteiger partial charge in [-0.15, -0.1) is 0 Å². The molecule has 2 atom stereocenters. The molecule has 162 valence electrons. The van der Waals surface area contributed by atoms with Gasteiger partial charge in [-0.2, -0.15) is 17.0 Å². The maximum atomic E-state index is 13.1. The van der Waals surface area contributed by atoms with Crippen LogP contribution in [-0.2, 0) is 15.0 Å². The topological polar surface area (TPSA) is 79.0 Å². The second-order valence-electron chi connectivity index (χ2n) is 8.28. The van der Waals surface area contributed by atoms with E-state index in [4.69, 9.17) is 4.74 Å². The van der Waals surface area contributed by atoms with Crippen molar-refractivity contribution in [2.75, 3.05) is 27.2 Å². The number of carbonyl (C=O) groups is 1. The van der Waals surface area contributed by atoms with Crippen molar-refractivity contribution in [2.45, 2.75) is 57.6 Å². The summed E-state index contributed by atoms with van der Waals surface area (Å²) in [4.78, 5) is 13.1. The first-order valence-electron chi connectivity index (χ1n) is 10.5. The maximum absolute atomic E-state index is 13.1. The Morgan fingerprint density at radius 2 is 1.97 bits per heavy atom.